The molecule has 0 radical (unpaired) electrons. The van der Waals surface area contributed by atoms with Gasteiger partial charge in [-0.3, -0.25) is 4.79 Å². The molecule has 0 aromatic heterocycles. The molecular weight excluding hydrogens is 268 g/mol. The Morgan fingerprint density at radius 2 is 1.86 bits per heavy atom. The predicted molar refractivity (Wildman–Crippen MR) is 83.1 cm³/mol. The molecule has 0 saturated heterocycles. The lowest BCUT2D eigenvalue weighted by atomic mass is 10.1. The number of anilines is 2. The van der Waals surface area contributed by atoms with Gasteiger partial charge in [0, 0.05) is 17.3 Å². The van der Waals surface area contributed by atoms with Crippen molar-refractivity contribution in [2.24, 2.45) is 0 Å². The van der Waals surface area contributed by atoms with Crippen molar-refractivity contribution in [3.63, 3.8) is 0 Å². The van der Waals surface area contributed by atoms with Crippen molar-refractivity contribution < 1.29 is 14.3 Å². The topological polar surface area (TPSA) is 73.6 Å². The zero-order chi connectivity index (χ0) is 15.4. The van der Waals surface area contributed by atoms with E-state index in [0.29, 0.717) is 28.4 Å². The maximum atomic E-state index is 12.3. The van der Waals surface area contributed by atoms with E-state index in [1.165, 1.54) is 0 Å². The van der Waals surface area contributed by atoms with Crippen LogP contribution in [0.1, 0.15) is 15.9 Å². The van der Waals surface area contributed by atoms with Crippen LogP contribution in [0.15, 0.2) is 36.4 Å². The molecule has 21 heavy (non-hydrogen) atoms. The van der Waals surface area contributed by atoms with Crippen LogP contribution in [0.5, 0.6) is 11.5 Å². The van der Waals surface area contributed by atoms with Crippen LogP contribution in [-0.4, -0.2) is 20.1 Å². The first-order chi connectivity index (χ1) is 10.0. The summed E-state index contributed by atoms with van der Waals surface area (Å²) in [7, 11) is 3.11. The summed E-state index contributed by atoms with van der Waals surface area (Å²) in [4.78, 5) is 12.3. The molecule has 0 unspecified atom stereocenters. The number of ether oxygens (including phenoxy) is 2. The predicted octanol–water partition coefficient (Wildman–Crippen LogP) is 2.85. The van der Waals surface area contributed by atoms with Gasteiger partial charge in [-0.05, 0) is 36.8 Å². The number of benzene rings is 2. The Morgan fingerprint density at radius 3 is 2.48 bits per heavy atom. The number of carbonyl (C=O) groups excluding carboxylic acids is 1. The minimum atomic E-state index is -0.256. The second-order valence-electron chi connectivity index (χ2n) is 4.59. The maximum absolute atomic E-state index is 12.3. The molecule has 5 heteroatoms. The molecule has 0 aliphatic heterocycles. The number of nitrogen functional groups attached to an aromatic ring is 1. The third-order valence-corrected chi connectivity index (χ3v) is 3.20. The monoisotopic (exact) mass is 286 g/mol. The lowest BCUT2D eigenvalue weighted by Crippen LogP contribution is -2.13. The van der Waals surface area contributed by atoms with E-state index in [0.717, 1.165) is 5.56 Å². The summed E-state index contributed by atoms with van der Waals surface area (Å²) in [6.45, 7) is 1.89. The molecule has 3 N–H and O–H groups in total. The first kappa shape index (κ1) is 14.7. The van der Waals surface area contributed by atoms with E-state index in [9.17, 15) is 4.79 Å². The lowest BCUT2D eigenvalue weighted by molar-refractivity contribution is 0.102. The molecule has 0 aliphatic carbocycles. The van der Waals surface area contributed by atoms with Crippen LogP contribution >= 0.6 is 0 Å². The van der Waals surface area contributed by atoms with Crippen LogP contribution in [0.4, 0.5) is 11.4 Å². The molecule has 5 nitrogen and oxygen atoms in total. The highest BCUT2D eigenvalue weighted by Gasteiger charge is 2.11. The van der Waals surface area contributed by atoms with E-state index in [1.54, 1.807) is 44.6 Å². The van der Waals surface area contributed by atoms with Gasteiger partial charge in [0.05, 0.1) is 19.9 Å². The number of amides is 1. The van der Waals surface area contributed by atoms with Crippen molar-refractivity contribution in [3.8, 4) is 11.5 Å². The largest absolute Gasteiger partial charge is 0.497 e. The molecule has 0 atom stereocenters. The number of methoxy groups -OCH3 is 2. The van der Waals surface area contributed by atoms with Gasteiger partial charge in [0.2, 0.25) is 0 Å². The molecule has 0 bridgehead atoms. The fourth-order valence-electron chi connectivity index (χ4n) is 1.89. The van der Waals surface area contributed by atoms with Crippen molar-refractivity contribution in [1.82, 2.24) is 0 Å². The molecule has 2 aromatic rings. The van der Waals surface area contributed by atoms with E-state index < -0.39 is 0 Å². The number of hydrogen-bond acceptors (Lipinski definition) is 4. The second kappa shape index (κ2) is 6.17. The van der Waals surface area contributed by atoms with Crippen molar-refractivity contribution in [2.75, 3.05) is 25.3 Å². The summed E-state index contributed by atoms with van der Waals surface area (Å²) in [5, 5.41) is 2.80. The third-order valence-electron chi connectivity index (χ3n) is 3.20. The Hall–Kier alpha value is -2.69. The molecule has 110 valence electrons. The summed E-state index contributed by atoms with van der Waals surface area (Å²) in [6.07, 6.45) is 0. The van der Waals surface area contributed by atoms with Gasteiger partial charge in [0.15, 0.2) is 0 Å². The van der Waals surface area contributed by atoms with E-state index in [2.05, 4.69) is 5.32 Å². The van der Waals surface area contributed by atoms with Gasteiger partial charge in [-0.25, -0.2) is 0 Å². The standard InChI is InChI=1S/C16H18N2O3/c1-10-4-5-11(8-13(10)17)16(19)18-14-9-12(20-2)6-7-15(14)21-3/h4-9H,17H2,1-3H3,(H,18,19). The molecule has 0 aliphatic rings. The fourth-order valence-corrected chi connectivity index (χ4v) is 1.89. The average Bonchev–Trinajstić information content (AvgIpc) is 2.49. The van der Waals surface area contributed by atoms with Crippen molar-refractivity contribution in [1.29, 1.82) is 0 Å². The highest BCUT2D eigenvalue weighted by Crippen LogP contribution is 2.29. The normalized spacial score (nSPS) is 10.0. The summed E-state index contributed by atoms with van der Waals surface area (Å²) < 4.78 is 10.4. The third kappa shape index (κ3) is 3.25. The molecule has 0 heterocycles. The van der Waals surface area contributed by atoms with Crippen molar-refractivity contribution in [3.05, 3.63) is 47.5 Å². The average molecular weight is 286 g/mol. The van der Waals surface area contributed by atoms with Crippen LogP contribution in [0, 0.1) is 6.92 Å². The number of carbonyl (C=O) groups is 1. The number of aryl methyl sites for hydroxylation is 1. The minimum absolute atomic E-state index is 0.256. The van der Waals surface area contributed by atoms with Crippen LogP contribution in [0.25, 0.3) is 0 Å². The van der Waals surface area contributed by atoms with E-state index in [-0.39, 0.29) is 5.91 Å². The first-order valence-electron chi connectivity index (χ1n) is 6.44. The zero-order valence-electron chi connectivity index (χ0n) is 12.3. The van der Waals surface area contributed by atoms with Gasteiger partial charge in [-0.1, -0.05) is 6.07 Å². The number of nitrogens with two attached hydrogens (primary N) is 1. The summed E-state index contributed by atoms with van der Waals surface area (Å²) in [6, 6.07) is 10.4. The van der Waals surface area contributed by atoms with Gasteiger partial charge < -0.3 is 20.5 Å². The first-order valence-corrected chi connectivity index (χ1v) is 6.44. The number of nitrogens with one attached hydrogen (secondary N) is 1. The summed E-state index contributed by atoms with van der Waals surface area (Å²) in [5.74, 6) is 0.937. The molecule has 0 fully saturated rings. The Bertz CT molecular complexity index is 669. The van der Waals surface area contributed by atoms with E-state index in [4.69, 9.17) is 15.2 Å². The van der Waals surface area contributed by atoms with Gasteiger partial charge in [-0.15, -0.1) is 0 Å². The fraction of sp³-hybridized carbons (Fsp3) is 0.188. The summed E-state index contributed by atoms with van der Waals surface area (Å²) in [5.41, 5.74) is 8.38. The van der Waals surface area contributed by atoms with Gasteiger partial charge in [0.25, 0.3) is 5.91 Å². The molecule has 2 aromatic carbocycles. The van der Waals surface area contributed by atoms with Gasteiger partial charge in [0.1, 0.15) is 11.5 Å². The van der Waals surface area contributed by atoms with Gasteiger partial charge >= 0.3 is 0 Å². The molecule has 0 spiro atoms. The molecule has 1 amide bonds. The SMILES string of the molecule is COc1ccc(OC)c(NC(=O)c2ccc(C)c(N)c2)c1. The van der Waals surface area contributed by atoms with Crippen molar-refractivity contribution in [2.45, 2.75) is 6.92 Å². The van der Waals surface area contributed by atoms with Crippen molar-refractivity contribution >= 4 is 17.3 Å². The molecule has 2 rings (SSSR count). The van der Waals surface area contributed by atoms with E-state index >= 15 is 0 Å². The quantitative estimate of drug-likeness (QED) is 0.848. The zero-order valence-corrected chi connectivity index (χ0v) is 12.3. The smallest absolute Gasteiger partial charge is 0.255 e. The van der Waals surface area contributed by atoms with Crippen LogP contribution in [0.2, 0.25) is 0 Å². The Kier molecular flexibility index (Phi) is 4.33. The highest BCUT2D eigenvalue weighted by atomic mass is 16.5. The molecular formula is C16H18N2O3. The molecule has 0 saturated carbocycles. The van der Waals surface area contributed by atoms with Crippen LogP contribution in [0.3, 0.4) is 0 Å². The Labute approximate surface area is 123 Å². The minimum Gasteiger partial charge on any atom is -0.497 e. The van der Waals surface area contributed by atoms with Crippen LogP contribution in [-0.2, 0) is 0 Å². The van der Waals surface area contributed by atoms with Crippen LogP contribution < -0.4 is 20.5 Å². The number of hydrogen-bond donors (Lipinski definition) is 2. The second-order valence-corrected chi connectivity index (χ2v) is 4.59. The van der Waals surface area contributed by atoms with E-state index in [1.807, 2.05) is 13.0 Å². The Balaban J connectivity index is 2.28. The van der Waals surface area contributed by atoms with Gasteiger partial charge in [-0.2, -0.15) is 0 Å². The maximum Gasteiger partial charge on any atom is 0.255 e. The highest BCUT2D eigenvalue weighted by molar-refractivity contribution is 6.05. The summed E-state index contributed by atoms with van der Waals surface area (Å²) >= 11 is 0. The number of rotatable bonds is 4. The Morgan fingerprint density at radius 1 is 1.10 bits per heavy atom. The lowest BCUT2D eigenvalue weighted by Gasteiger charge is -2.12.